The fourth-order valence-corrected chi connectivity index (χ4v) is 4.58. The van der Waals surface area contributed by atoms with Gasteiger partial charge in [0.25, 0.3) is 0 Å². The van der Waals surface area contributed by atoms with Crippen molar-refractivity contribution < 1.29 is 24.0 Å². The lowest BCUT2D eigenvalue weighted by molar-refractivity contribution is -0.530. The van der Waals surface area contributed by atoms with Crippen LogP contribution in [0.25, 0.3) is 0 Å². The van der Waals surface area contributed by atoms with Crippen molar-refractivity contribution in [3.8, 4) is 0 Å². The molecule has 5 fully saturated rings. The highest BCUT2D eigenvalue weighted by Crippen LogP contribution is 2.57. The Balaban J connectivity index is 1.82. The molecule has 0 unspecified atom stereocenters. The Morgan fingerprint density at radius 1 is 1.11 bits per heavy atom. The van der Waals surface area contributed by atoms with Crippen molar-refractivity contribution in [3.05, 3.63) is 0 Å². The third-order valence-electron chi connectivity index (χ3n) is 5.63. The zero-order chi connectivity index (χ0) is 13.2. The first-order valence-electron chi connectivity index (χ1n) is 7.33. The van der Waals surface area contributed by atoms with Crippen LogP contribution in [0.5, 0.6) is 0 Å². The summed E-state index contributed by atoms with van der Waals surface area (Å²) in [5.74, 6) is 0.725. The van der Waals surface area contributed by atoms with Crippen LogP contribution in [0.4, 0.5) is 0 Å². The average Bonchev–Trinajstić information content (AvgIpc) is 2.67. The lowest BCUT2D eigenvalue weighted by Gasteiger charge is -2.56. The molecule has 0 amide bonds. The largest absolute Gasteiger partial charge is 0.432 e. The molecule has 7 atom stereocenters. The number of ether oxygens (including phenoxy) is 2. The summed E-state index contributed by atoms with van der Waals surface area (Å²) >= 11 is 0. The first kappa shape index (κ1) is 12.1. The zero-order valence-corrected chi connectivity index (χ0v) is 11.3. The van der Waals surface area contributed by atoms with Crippen molar-refractivity contribution in [2.24, 2.45) is 23.7 Å². The Morgan fingerprint density at radius 3 is 2.74 bits per heavy atom. The van der Waals surface area contributed by atoms with E-state index in [0.717, 1.165) is 25.7 Å². The van der Waals surface area contributed by atoms with E-state index in [1.165, 1.54) is 0 Å². The molecule has 1 spiro atoms. The fraction of sp³-hybridized carbons (Fsp3) is 0.929. The smallest absolute Gasteiger partial charge is 0.311 e. The molecule has 19 heavy (non-hydrogen) atoms. The van der Waals surface area contributed by atoms with E-state index in [1.807, 2.05) is 6.92 Å². The lowest BCUT2D eigenvalue weighted by Crippen LogP contribution is -2.68. The molecule has 0 aromatic rings. The summed E-state index contributed by atoms with van der Waals surface area (Å²) in [6.45, 7) is 4.20. The van der Waals surface area contributed by atoms with E-state index in [-0.39, 0.29) is 17.8 Å². The van der Waals surface area contributed by atoms with Crippen molar-refractivity contribution in [3.63, 3.8) is 0 Å². The van der Waals surface area contributed by atoms with E-state index in [4.69, 9.17) is 19.2 Å². The molecule has 0 aromatic heterocycles. The summed E-state index contributed by atoms with van der Waals surface area (Å²) in [7, 11) is 0. The number of hydrogen-bond acceptors (Lipinski definition) is 5. The minimum atomic E-state index is -0.588. The topological polar surface area (TPSA) is 54.0 Å². The van der Waals surface area contributed by atoms with Gasteiger partial charge in [-0.15, -0.1) is 0 Å². The zero-order valence-electron chi connectivity index (χ0n) is 11.3. The molecule has 4 heterocycles. The molecule has 0 radical (unpaired) electrons. The van der Waals surface area contributed by atoms with E-state index in [1.54, 1.807) is 0 Å². The van der Waals surface area contributed by atoms with Gasteiger partial charge in [-0.25, -0.2) is 9.78 Å². The molecule has 4 aliphatic heterocycles. The van der Waals surface area contributed by atoms with Gasteiger partial charge in [0.2, 0.25) is 6.29 Å². The minimum Gasteiger partial charge on any atom is -0.432 e. The van der Waals surface area contributed by atoms with Crippen LogP contribution in [0.2, 0.25) is 0 Å². The summed E-state index contributed by atoms with van der Waals surface area (Å²) in [6, 6.07) is 0. The molecular formula is C14H20O5. The van der Waals surface area contributed by atoms with Crippen LogP contribution < -0.4 is 0 Å². The van der Waals surface area contributed by atoms with Gasteiger partial charge in [-0.2, -0.15) is 0 Å². The number of fused-ring (bicyclic) bond motifs is 2. The quantitative estimate of drug-likeness (QED) is 0.497. The Bertz CT molecular complexity index is 411. The highest BCUT2D eigenvalue weighted by atomic mass is 17.2. The standard InChI is InChI=1S/C14H20O5/c1-7-3-4-10-8(2)12(15)17-13-14(10)9(7)5-6-11(16-13)18-19-14/h7-11,13H,3-6H2,1-2H3/t7-,8-,9+,10+,11-,13+,14-/m1/s1. The van der Waals surface area contributed by atoms with Crippen LogP contribution in [0.3, 0.4) is 0 Å². The molecule has 1 saturated carbocycles. The first-order chi connectivity index (χ1) is 9.13. The van der Waals surface area contributed by atoms with Crippen LogP contribution in [0, 0.1) is 23.7 Å². The van der Waals surface area contributed by atoms with Crippen LogP contribution in [0.1, 0.15) is 39.5 Å². The van der Waals surface area contributed by atoms with Gasteiger partial charge < -0.3 is 9.47 Å². The van der Waals surface area contributed by atoms with Gasteiger partial charge in [0, 0.05) is 18.3 Å². The van der Waals surface area contributed by atoms with Crippen LogP contribution >= 0.6 is 0 Å². The van der Waals surface area contributed by atoms with Crippen molar-refractivity contribution in [1.82, 2.24) is 0 Å². The monoisotopic (exact) mass is 268 g/mol. The minimum absolute atomic E-state index is 0.138. The molecule has 106 valence electrons. The van der Waals surface area contributed by atoms with E-state index in [2.05, 4.69) is 6.92 Å². The highest BCUT2D eigenvalue weighted by molar-refractivity contribution is 5.74. The summed E-state index contributed by atoms with van der Waals surface area (Å²) < 4.78 is 11.3. The summed E-state index contributed by atoms with van der Waals surface area (Å²) in [4.78, 5) is 23.3. The summed E-state index contributed by atoms with van der Waals surface area (Å²) in [5.41, 5.74) is -0.585. The van der Waals surface area contributed by atoms with Gasteiger partial charge in [0.15, 0.2) is 11.9 Å². The normalized spacial score (nSPS) is 56.2. The number of esters is 1. The van der Waals surface area contributed by atoms with Gasteiger partial charge in [-0.05, 0) is 25.2 Å². The number of carbonyl (C=O) groups is 1. The van der Waals surface area contributed by atoms with Gasteiger partial charge in [-0.1, -0.05) is 13.8 Å². The highest BCUT2D eigenvalue weighted by Gasteiger charge is 2.68. The number of rotatable bonds is 0. The van der Waals surface area contributed by atoms with Crippen molar-refractivity contribution in [2.75, 3.05) is 0 Å². The number of hydrogen-bond donors (Lipinski definition) is 0. The second-order valence-electron chi connectivity index (χ2n) is 6.50. The second-order valence-corrected chi connectivity index (χ2v) is 6.50. The summed E-state index contributed by atoms with van der Waals surface area (Å²) in [6.07, 6.45) is 2.96. The SMILES string of the molecule is C[C@@H]1CC[C@H]2[C@@H](C)C(=O)O[C@@H]3O[C@H]4CC[C@@H]1[C@]32OO4. The van der Waals surface area contributed by atoms with Crippen molar-refractivity contribution in [1.29, 1.82) is 0 Å². The Hall–Kier alpha value is -0.650. The maximum absolute atomic E-state index is 12.0. The first-order valence-corrected chi connectivity index (χ1v) is 7.33. The molecule has 4 saturated heterocycles. The molecule has 0 N–H and O–H groups in total. The maximum Gasteiger partial charge on any atom is 0.311 e. The average molecular weight is 268 g/mol. The van der Waals surface area contributed by atoms with Crippen LogP contribution in [0.15, 0.2) is 0 Å². The molecule has 5 nitrogen and oxygen atoms in total. The Kier molecular flexibility index (Phi) is 2.51. The lowest BCUT2D eigenvalue weighted by atomic mass is 9.58. The van der Waals surface area contributed by atoms with Crippen LogP contribution in [-0.4, -0.2) is 24.2 Å². The van der Waals surface area contributed by atoms with Gasteiger partial charge in [-0.3, -0.25) is 4.79 Å². The molecule has 0 aromatic carbocycles. The van der Waals surface area contributed by atoms with Gasteiger partial charge in [0.1, 0.15) is 0 Å². The molecule has 5 rings (SSSR count). The van der Waals surface area contributed by atoms with E-state index < -0.39 is 18.2 Å². The Labute approximate surface area is 112 Å². The van der Waals surface area contributed by atoms with Gasteiger partial charge >= 0.3 is 5.97 Å². The molecule has 5 aliphatic rings. The van der Waals surface area contributed by atoms with Crippen molar-refractivity contribution in [2.45, 2.75) is 57.7 Å². The number of carbonyl (C=O) groups excluding carboxylic acids is 1. The molecule has 5 heteroatoms. The fourth-order valence-electron chi connectivity index (χ4n) is 4.58. The van der Waals surface area contributed by atoms with Gasteiger partial charge in [0.05, 0.1) is 5.92 Å². The van der Waals surface area contributed by atoms with Crippen LogP contribution in [-0.2, 0) is 24.0 Å². The second kappa shape index (κ2) is 3.93. The predicted octanol–water partition coefficient (Wildman–Crippen LogP) is 2.00. The summed E-state index contributed by atoms with van der Waals surface area (Å²) in [5, 5.41) is 0. The van der Waals surface area contributed by atoms with E-state index >= 15 is 0 Å². The molecule has 1 aliphatic carbocycles. The predicted molar refractivity (Wildman–Crippen MR) is 63.4 cm³/mol. The van der Waals surface area contributed by atoms with E-state index in [9.17, 15) is 4.79 Å². The maximum atomic E-state index is 12.0. The third kappa shape index (κ3) is 1.44. The Morgan fingerprint density at radius 2 is 1.89 bits per heavy atom. The van der Waals surface area contributed by atoms with Crippen molar-refractivity contribution >= 4 is 5.97 Å². The molecule has 2 bridgehead atoms. The molecular weight excluding hydrogens is 248 g/mol. The third-order valence-corrected chi connectivity index (χ3v) is 5.63. The van der Waals surface area contributed by atoms with E-state index in [0.29, 0.717) is 11.8 Å².